The van der Waals surface area contributed by atoms with Gasteiger partial charge in [-0.25, -0.2) is 4.79 Å². The Morgan fingerprint density at radius 1 is 1.28 bits per heavy atom. The molecule has 3 N–H and O–H groups in total. The molecule has 0 aromatic heterocycles. The Balaban J connectivity index is 2.29. The highest BCUT2D eigenvalue weighted by molar-refractivity contribution is 5.80. The van der Waals surface area contributed by atoms with Crippen LogP contribution in [0.3, 0.4) is 0 Å². The Kier molecular flexibility index (Phi) is 5.50. The lowest BCUT2D eigenvalue weighted by molar-refractivity contribution is -0.150. The first-order valence-electron chi connectivity index (χ1n) is 5.53. The Labute approximate surface area is 105 Å². The number of nitrogens with one attached hydrogen (secondary N) is 1. The van der Waals surface area contributed by atoms with Crippen molar-refractivity contribution in [2.45, 2.75) is 6.92 Å². The lowest BCUT2D eigenvalue weighted by atomic mass is 10.3. The van der Waals surface area contributed by atoms with Gasteiger partial charge in [-0.1, -0.05) is 12.1 Å². The molecule has 1 rings (SSSR count). The Hall–Kier alpha value is -2.24. The number of ether oxygens (including phenoxy) is 2. The van der Waals surface area contributed by atoms with Gasteiger partial charge in [0.25, 0.3) is 5.91 Å². The smallest absolute Gasteiger partial charge is 0.344 e. The van der Waals surface area contributed by atoms with Crippen molar-refractivity contribution in [2.24, 2.45) is 0 Å². The van der Waals surface area contributed by atoms with Gasteiger partial charge in [-0.05, 0) is 19.1 Å². The van der Waals surface area contributed by atoms with E-state index in [1.54, 1.807) is 31.2 Å². The molecule has 6 nitrogen and oxygen atoms in total. The maximum Gasteiger partial charge on any atom is 0.344 e. The van der Waals surface area contributed by atoms with E-state index < -0.39 is 5.97 Å². The van der Waals surface area contributed by atoms with Gasteiger partial charge >= 0.3 is 5.97 Å². The minimum absolute atomic E-state index is 0.284. The van der Waals surface area contributed by atoms with Gasteiger partial charge in [-0.15, -0.1) is 0 Å². The number of anilines is 1. The number of rotatable bonds is 6. The van der Waals surface area contributed by atoms with E-state index in [9.17, 15) is 9.59 Å². The number of hydrogen-bond acceptors (Lipinski definition) is 5. The largest absolute Gasteiger partial charge is 0.480 e. The third kappa shape index (κ3) is 4.73. The molecule has 0 bridgehead atoms. The molecule has 1 amide bonds. The second-order valence-corrected chi connectivity index (χ2v) is 3.44. The molecule has 0 radical (unpaired) electrons. The molecule has 0 aliphatic heterocycles. The predicted molar refractivity (Wildman–Crippen MR) is 66.0 cm³/mol. The van der Waals surface area contributed by atoms with Crippen molar-refractivity contribution >= 4 is 17.6 Å². The average Bonchev–Trinajstić information content (AvgIpc) is 2.36. The highest BCUT2D eigenvalue weighted by Crippen LogP contribution is 2.19. The number of likely N-dealkylation sites (N-methyl/N-ethyl adjacent to an activating group) is 1. The van der Waals surface area contributed by atoms with Crippen LogP contribution in [-0.2, 0) is 14.3 Å². The molecule has 0 spiro atoms. The van der Waals surface area contributed by atoms with Crippen LogP contribution >= 0.6 is 0 Å². The van der Waals surface area contributed by atoms with Crippen LogP contribution in [0.5, 0.6) is 5.75 Å². The van der Waals surface area contributed by atoms with Gasteiger partial charge in [0.1, 0.15) is 5.75 Å². The van der Waals surface area contributed by atoms with Crippen LogP contribution in [0.4, 0.5) is 5.69 Å². The van der Waals surface area contributed by atoms with Crippen LogP contribution in [0.25, 0.3) is 0 Å². The van der Waals surface area contributed by atoms with Gasteiger partial charge in [-0.3, -0.25) is 4.79 Å². The number of benzene rings is 1. The van der Waals surface area contributed by atoms with Crippen LogP contribution < -0.4 is 15.8 Å². The molecule has 0 unspecified atom stereocenters. The average molecular weight is 252 g/mol. The van der Waals surface area contributed by atoms with Crippen molar-refractivity contribution in [1.29, 1.82) is 0 Å². The first-order chi connectivity index (χ1) is 8.63. The number of carbonyl (C=O) groups excluding carboxylic acids is 2. The van der Waals surface area contributed by atoms with E-state index in [4.69, 9.17) is 15.2 Å². The molecule has 18 heavy (non-hydrogen) atoms. The monoisotopic (exact) mass is 252 g/mol. The summed E-state index contributed by atoms with van der Waals surface area (Å²) < 4.78 is 9.86. The van der Waals surface area contributed by atoms with Crippen molar-refractivity contribution in [1.82, 2.24) is 5.32 Å². The molecule has 0 saturated carbocycles. The molecule has 1 aromatic carbocycles. The molecular formula is C12H16N2O4. The number of hydrogen-bond donors (Lipinski definition) is 2. The quantitative estimate of drug-likeness (QED) is 0.562. The van der Waals surface area contributed by atoms with Gasteiger partial charge in [0, 0.05) is 6.54 Å². The summed E-state index contributed by atoms with van der Waals surface area (Å²) in [4.78, 5) is 22.3. The summed E-state index contributed by atoms with van der Waals surface area (Å²) in [5.74, 6) is -0.554. The first-order valence-corrected chi connectivity index (χ1v) is 5.53. The number of para-hydroxylation sites is 2. The predicted octanol–water partition coefficient (Wildman–Crippen LogP) is 0.327. The lowest BCUT2D eigenvalue weighted by Gasteiger charge is -2.08. The zero-order valence-electron chi connectivity index (χ0n) is 10.1. The Morgan fingerprint density at radius 3 is 2.67 bits per heavy atom. The highest BCUT2D eigenvalue weighted by Gasteiger charge is 2.08. The molecule has 1 aromatic rings. The summed E-state index contributed by atoms with van der Waals surface area (Å²) in [7, 11) is 0. The SMILES string of the molecule is CCNC(=O)COC(=O)COc1ccccc1N. The van der Waals surface area contributed by atoms with E-state index in [1.165, 1.54) is 0 Å². The fraction of sp³-hybridized carbons (Fsp3) is 0.333. The molecule has 6 heteroatoms. The minimum atomic E-state index is -0.621. The number of nitrogens with two attached hydrogens (primary N) is 1. The highest BCUT2D eigenvalue weighted by atomic mass is 16.6. The van der Waals surface area contributed by atoms with Gasteiger partial charge in [0.15, 0.2) is 13.2 Å². The number of nitrogen functional groups attached to an aromatic ring is 1. The molecule has 0 fully saturated rings. The van der Waals surface area contributed by atoms with Crippen LogP contribution in [0.1, 0.15) is 6.92 Å². The standard InChI is InChI=1S/C12H16N2O4/c1-2-14-11(15)7-18-12(16)8-17-10-6-4-3-5-9(10)13/h3-6H,2,7-8,13H2,1H3,(H,14,15). The van der Waals surface area contributed by atoms with Crippen LogP contribution in [0, 0.1) is 0 Å². The normalized spacial score (nSPS) is 9.61. The molecule has 0 saturated heterocycles. The Bertz CT molecular complexity index is 420. The number of esters is 1. The molecule has 0 aliphatic carbocycles. The van der Waals surface area contributed by atoms with Crippen LogP contribution in [0.2, 0.25) is 0 Å². The van der Waals surface area contributed by atoms with Crippen molar-refractivity contribution < 1.29 is 19.1 Å². The van der Waals surface area contributed by atoms with E-state index in [-0.39, 0.29) is 19.1 Å². The summed E-state index contributed by atoms with van der Waals surface area (Å²) in [5, 5.41) is 2.51. The first kappa shape index (κ1) is 13.8. The molecule has 0 atom stereocenters. The van der Waals surface area contributed by atoms with E-state index >= 15 is 0 Å². The maximum absolute atomic E-state index is 11.3. The second-order valence-electron chi connectivity index (χ2n) is 3.44. The maximum atomic E-state index is 11.3. The van der Waals surface area contributed by atoms with Crippen LogP contribution in [0.15, 0.2) is 24.3 Å². The third-order valence-electron chi connectivity index (χ3n) is 2.00. The van der Waals surface area contributed by atoms with E-state index in [1.807, 2.05) is 0 Å². The summed E-state index contributed by atoms with van der Waals surface area (Å²) in [6, 6.07) is 6.81. The minimum Gasteiger partial charge on any atom is -0.480 e. The lowest BCUT2D eigenvalue weighted by Crippen LogP contribution is -2.29. The Morgan fingerprint density at radius 2 is 2.00 bits per heavy atom. The van der Waals surface area contributed by atoms with Gasteiger partial charge in [0.2, 0.25) is 0 Å². The van der Waals surface area contributed by atoms with Crippen molar-refractivity contribution in [3.63, 3.8) is 0 Å². The summed E-state index contributed by atoms with van der Waals surface area (Å²) in [6.07, 6.45) is 0. The zero-order chi connectivity index (χ0) is 13.4. The van der Waals surface area contributed by atoms with Gasteiger partial charge in [-0.2, -0.15) is 0 Å². The summed E-state index contributed by atoms with van der Waals surface area (Å²) >= 11 is 0. The summed E-state index contributed by atoms with van der Waals surface area (Å²) in [6.45, 7) is 1.68. The van der Waals surface area contributed by atoms with Gasteiger partial charge < -0.3 is 20.5 Å². The third-order valence-corrected chi connectivity index (χ3v) is 2.00. The fourth-order valence-electron chi connectivity index (χ4n) is 1.18. The van der Waals surface area contributed by atoms with E-state index in [2.05, 4.69) is 5.32 Å². The second kappa shape index (κ2) is 7.16. The molecular weight excluding hydrogens is 236 g/mol. The fourth-order valence-corrected chi connectivity index (χ4v) is 1.18. The van der Waals surface area contributed by atoms with E-state index in [0.717, 1.165) is 0 Å². The zero-order valence-corrected chi connectivity index (χ0v) is 10.1. The molecule has 0 aliphatic rings. The van der Waals surface area contributed by atoms with Gasteiger partial charge in [0.05, 0.1) is 5.69 Å². The van der Waals surface area contributed by atoms with Crippen molar-refractivity contribution in [3.05, 3.63) is 24.3 Å². The molecule has 98 valence electrons. The van der Waals surface area contributed by atoms with E-state index in [0.29, 0.717) is 18.0 Å². The number of carbonyl (C=O) groups is 2. The van der Waals surface area contributed by atoms with Crippen molar-refractivity contribution in [2.75, 3.05) is 25.5 Å². The molecule has 0 heterocycles. The topological polar surface area (TPSA) is 90.6 Å². The van der Waals surface area contributed by atoms with Crippen LogP contribution in [-0.4, -0.2) is 31.6 Å². The number of amides is 1. The van der Waals surface area contributed by atoms with Crippen molar-refractivity contribution in [3.8, 4) is 5.75 Å². The summed E-state index contributed by atoms with van der Waals surface area (Å²) in [5.41, 5.74) is 6.07.